The molecular formula is C27H33N5O4. The van der Waals surface area contributed by atoms with E-state index in [4.69, 9.17) is 21.9 Å². The Morgan fingerprint density at radius 3 is 1.69 bits per heavy atom. The second-order valence-electron chi connectivity index (χ2n) is 8.69. The first-order chi connectivity index (χ1) is 17.2. The lowest BCUT2D eigenvalue weighted by Gasteiger charge is -2.43. The van der Waals surface area contributed by atoms with Gasteiger partial charge in [-0.25, -0.2) is 9.59 Å². The van der Waals surface area contributed by atoms with Gasteiger partial charge in [0.15, 0.2) is 5.60 Å². The van der Waals surface area contributed by atoms with Crippen LogP contribution in [-0.4, -0.2) is 29.3 Å². The van der Waals surface area contributed by atoms with E-state index in [1.807, 2.05) is 32.0 Å². The molecule has 0 aromatic heterocycles. The van der Waals surface area contributed by atoms with E-state index in [9.17, 15) is 14.7 Å². The van der Waals surface area contributed by atoms with Gasteiger partial charge in [0.2, 0.25) is 0 Å². The smallest absolute Gasteiger partial charge is 0.316 e. The lowest BCUT2D eigenvalue weighted by Crippen LogP contribution is -2.56. The summed E-state index contributed by atoms with van der Waals surface area (Å²) >= 11 is 0. The number of hydrogen-bond acceptors (Lipinski definition) is 5. The highest BCUT2D eigenvalue weighted by molar-refractivity contribution is 5.88. The summed E-state index contributed by atoms with van der Waals surface area (Å²) in [6.07, 6.45) is -0.430. The molecule has 3 unspecified atom stereocenters. The predicted octanol–water partition coefficient (Wildman–Crippen LogP) is 3.72. The Kier molecular flexibility index (Phi) is 8.52. The molecule has 3 atom stereocenters. The molecule has 190 valence electrons. The number of nitrogens with one attached hydrogen (secondary N) is 2. The first-order valence-electron chi connectivity index (χ1n) is 11.7. The number of ether oxygens (including phenoxy) is 1. The Labute approximate surface area is 210 Å². The first kappa shape index (κ1) is 26.5. The van der Waals surface area contributed by atoms with Gasteiger partial charge in [0.1, 0.15) is 11.9 Å². The van der Waals surface area contributed by atoms with Crippen molar-refractivity contribution in [2.45, 2.75) is 38.0 Å². The molecule has 0 saturated heterocycles. The van der Waals surface area contributed by atoms with Crippen LogP contribution in [0.15, 0.2) is 78.9 Å². The molecule has 0 saturated carbocycles. The maximum Gasteiger partial charge on any atom is 0.316 e. The maximum atomic E-state index is 11.9. The molecule has 3 aromatic carbocycles. The number of carbonyl (C=O) groups excluding carboxylic acids is 2. The van der Waals surface area contributed by atoms with Gasteiger partial charge >= 0.3 is 12.1 Å². The topological polar surface area (TPSA) is 166 Å². The highest BCUT2D eigenvalue weighted by atomic mass is 16.5. The first-order valence-corrected chi connectivity index (χ1v) is 11.7. The van der Waals surface area contributed by atoms with Crippen molar-refractivity contribution in [1.29, 1.82) is 0 Å². The van der Waals surface area contributed by atoms with Crippen molar-refractivity contribution in [2.24, 2.45) is 23.1 Å². The zero-order valence-corrected chi connectivity index (χ0v) is 20.3. The molecule has 36 heavy (non-hydrogen) atoms. The van der Waals surface area contributed by atoms with Crippen molar-refractivity contribution in [3.63, 3.8) is 0 Å². The van der Waals surface area contributed by atoms with E-state index >= 15 is 0 Å². The SMILES string of the molecule is CCC(C)C(N)C(O)C(Oc1ccccc1)(c1ccc(NC(N)=O)cc1)c1ccc(NC(N)=O)cc1. The molecule has 0 bridgehead atoms. The van der Waals surface area contributed by atoms with Crippen molar-refractivity contribution in [3.8, 4) is 5.75 Å². The largest absolute Gasteiger partial charge is 0.475 e. The third-order valence-electron chi connectivity index (χ3n) is 6.27. The molecule has 0 aliphatic rings. The number of para-hydroxylation sites is 1. The Morgan fingerprint density at radius 2 is 1.31 bits per heavy atom. The number of primary amides is 2. The fraction of sp³-hybridized carbons (Fsp3) is 0.259. The van der Waals surface area contributed by atoms with Gasteiger partial charge in [-0.1, -0.05) is 62.7 Å². The molecule has 0 heterocycles. The summed E-state index contributed by atoms with van der Waals surface area (Å²) in [7, 11) is 0. The minimum Gasteiger partial charge on any atom is -0.475 e. The summed E-state index contributed by atoms with van der Waals surface area (Å²) in [5.41, 5.74) is 17.8. The fourth-order valence-corrected chi connectivity index (χ4v) is 4.10. The van der Waals surface area contributed by atoms with Gasteiger partial charge in [-0.3, -0.25) is 0 Å². The molecule has 9 heteroatoms. The number of aliphatic hydroxyl groups excluding tert-OH is 1. The lowest BCUT2D eigenvalue weighted by atomic mass is 9.75. The van der Waals surface area contributed by atoms with E-state index in [-0.39, 0.29) is 5.92 Å². The minimum absolute atomic E-state index is 0.0228. The van der Waals surface area contributed by atoms with Gasteiger partial charge < -0.3 is 37.7 Å². The molecule has 9 nitrogen and oxygen atoms in total. The van der Waals surface area contributed by atoms with Gasteiger partial charge in [0.25, 0.3) is 0 Å². The number of anilines is 2. The van der Waals surface area contributed by atoms with Crippen molar-refractivity contribution in [1.82, 2.24) is 0 Å². The van der Waals surface area contributed by atoms with E-state index in [1.165, 1.54) is 0 Å². The fourth-order valence-electron chi connectivity index (χ4n) is 4.10. The number of benzene rings is 3. The zero-order chi connectivity index (χ0) is 26.3. The molecule has 0 aliphatic heterocycles. The molecular weight excluding hydrogens is 458 g/mol. The van der Waals surface area contributed by atoms with E-state index in [0.29, 0.717) is 28.3 Å². The number of nitrogens with two attached hydrogens (primary N) is 3. The average molecular weight is 492 g/mol. The minimum atomic E-state index is -1.44. The van der Waals surface area contributed by atoms with Crippen LogP contribution < -0.4 is 32.6 Å². The Hall–Kier alpha value is -4.08. The molecule has 4 amide bonds. The molecule has 0 fully saturated rings. The third-order valence-corrected chi connectivity index (χ3v) is 6.27. The van der Waals surface area contributed by atoms with Gasteiger partial charge in [0, 0.05) is 28.5 Å². The number of rotatable bonds is 10. The highest BCUT2D eigenvalue weighted by Crippen LogP contribution is 2.41. The summed E-state index contributed by atoms with van der Waals surface area (Å²) in [6, 6.07) is 20.8. The van der Waals surface area contributed by atoms with Crippen LogP contribution in [-0.2, 0) is 5.60 Å². The number of amides is 4. The average Bonchev–Trinajstić information content (AvgIpc) is 2.87. The lowest BCUT2D eigenvalue weighted by molar-refractivity contribution is -0.0515. The van der Waals surface area contributed by atoms with Crippen LogP contribution in [0.5, 0.6) is 5.75 Å². The normalized spacial score (nSPS) is 13.8. The molecule has 3 aromatic rings. The Bertz CT molecular complexity index is 1090. The third kappa shape index (κ3) is 5.94. The second kappa shape index (κ2) is 11.6. The highest BCUT2D eigenvalue weighted by Gasteiger charge is 2.48. The molecule has 9 N–H and O–H groups in total. The maximum absolute atomic E-state index is 11.9. The van der Waals surface area contributed by atoms with Gasteiger partial charge in [-0.15, -0.1) is 0 Å². The van der Waals surface area contributed by atoms with E-state index in [2.05, 4.69) is 10.6 Å². The summed E-state index contributed by atoms with van der Waals surface area (Å²) < 4.78 is 6.64. The van der Waals surface area contributed by atoms with E-state index in [0.717, 1.165) is 6.42 Å². The van der Waals surface area contributed by atoms with Crippen LogP contribution in [0.2, 0.25) is 0 Å². The predicted molar refractivity (Wildman–Crippen MR) is 141 cm³/mol. The zero-order valence-electron chi connectivity index (χ0n) is 20.3. The number of carbonyl (C=O) groups is 2. The number of urea groups is 2. The summed E-state index contributed by atoms with van der Waals surface area (Å²) in [5, 5.41) is 17.0. The van der Waals surface area contributed by atoms with Crippen molar-refractivity contribution < 1.29 is 19.4 Å². The van der Waals surface area contributed by atoms with Crippen molar-refractivity contribution in [3.05, 3.63) is 90.0 Å². The molecule has 0 spiro atoms. The Morgan fingerprint density at radius 1 is 0.861 bits per heavy atom. The summed E-state index contributed by atoms with van der Waals surface area (Å²) in [5.74, 6) is 0.497. The molecule has 0 aliphatic carbocycles. The quantitative estimate of drug-likeness (QED) is 0.254. The van der Waals surface area contributed by atoms with E-state index in [1.54, 1.807) is 60.7 Å². The number of aliphatic hydroxyl groups is 1. The van der Waals surface area contributed by atoms with Gasteiger partial charge in [-0.05, 0) is 42.3 Å². The van der Waals surface area contributed by atoms with E-state index < -0.39 is 29.8 Å². The van der Waals surface area contributed by atoms with Gasteiger partial charge in [-0.2, -0.15) is 0 Å². The van der Waals surface area contributed by atoms with Crippen LogP contribution in [0, 0.1) is 5.92 Å². The monoisotopic (exact) mass is 491 g/mol. The Balaban J connectivity index is 2.23. The summed E-state index contributed by atoms with van der Waals surface area (Å²) in [6.45, 7) is 3.98. The van der Waals surface area contributed by atoms with Crippen LogP contribution >= 0.6 is 0 Å². The van der Waals surface area contributed by atoms with Crippen LogP contribution in [0.25, 0.3) is 0 Å². The van der Waals surface area contributed by atoms with Crippen molar-refractivity contribution in [2.75, 3.05) is 10.6 Å². The van der Waals surface area contributed by atoms with Gasteiger partial charge in [0.05, 0.1) is 0 Å². The molecule has 0 radical (unpaired) electrons. The van der Waals surface area contributed by atoms with Crippen molar-refractivity contribution >= 4 is 23.4 Å². The summed E-state index contributed by atoms with van der Waals surface area (Å²) in [4.78, 5) is 22.6. The second-order valence-corrected chi connectivity index (χ2v) is 8.69. The molecule has 3 rings (SSSR count). The standard InChI is InChI=1S/C27H33N5O4/c1-3-17(2)23(28)24(33)27(36-22-7-5-4-6-8-22,18-9-13-20(14-10-18)31-25(29)34)19-11-15-21(16-12-19)32-26(30)35/h4-17,23-24,33H,3,28H2,1-2H3,(H3,29,31,34)(H3,30,32,35). The number of hydrogen-bond donors (Lipinski definition) is 6. The van der Waals surface area contributed by atoms with Crippen LogP contribution in [0.3, 0.4) is 0 Å². The van der Waals surface area contributed by atoms with Crippen LogP contribution in [0.1, 0.15) is 31.4 Å². The van der Waals surface area contributed by atoms with Crippen LogP contribution in [0.4, 0.5) is 21.0 Å².